The molecule has 82 valence electrons. The maximum absolute atomic E-state index is 10.6. The van der Waals surface area contributed by atoms with Crippen LogP contribution in [0.25, 0.3) is 10.8 Å². The van der Waals surface area contributed by atoms with Gasteiger partial charge in [0.1, 0.15) is 5.69 Å². The van der Waals surface area contributed by atoms with Gasteiger partial charge in [-0.25, -0.2) is 0 Å². The lowest BCUT2D eigenvalue weighted by Gasteiger charge is -2.18. The number of fused-ring (bicyclic) bond motifs is 1. The molecule has 1 heterocycles. The van der Waals surface area contributed by atoms with Crippen LogP contribution in [0, 0.1) is 0 Å². The lowest BCUT2D eigenvalue weighted by atomic mass is 9.96. The molecule has 0 unspecified atom stereocenters. The predicted octanol–water partition coefficient (Wildman–Crippen LogP) is 2.27. The summed E-state index contributed by atoms with van der Waals surface area (Å²) in [6, 6.07) is 7.36. The molecule has 0 bridgehead atoms. The third kappa shape index (κ3) is 1.95. The summed E-state index contributed by atoms with van der Waals surface area (Å²) in [5.74, 6) is 0. The number of carbonyl (C=O) groups is 1. The van der Waals surface area contributed by atoms with Gasteiger partial charge >= 0.3 is 0 Å². The number of carbonyl (C=O) groups excluding carboxylic acids is 1. The zero-order valence-corrected chi connectivity index (χ0v) is 9.27. The fraction of sp³-hybridized carbons (Fsp3) is 0.231. The van der Waals surface area contributed by atoms with Crippen LogP contribution in [-0.4, -0.2) is 16.4 Å². The van der Waals surface area contributed by atoms with Gasteiger partial charge in [0, 0.05) is 11.6 Å². The van der Waals surface area contributed by atoms with Gasteiger partial charge in [0.05, 0.1) is 5.60 Å². The predicted molar refractivity (Wildman–Crippen MR) is 62.4 cm³/mol. The van der Waals surface area contributed by atoms with Crippen molar-refractivity contribution in [3.8, 4) is 0 Å². The molecule has 1 aromatic carbocycles. The van der Waals surface area contributed by atoms with Gasteiger partial charge in [-0.05, 0) is 36.9 Å². The number of benzene rings is 1. The summed E-state index contributed by atoms with van der Waals surface area (Å²) in [4.78, 5) is 14.6. The standard InChI is InChI=1S/C13H13NO2/c1-13(2,16)11-4-3-9-6-12(8-15)14-7-10(9)5-11/h3-8,16H,1-2H3. The molecular weight excluding hydrogens is 202 g/mol. The second-order valence-electron chi connectivity index (χ2n) is 4.35. The van der Waals surface area contributed by atoms with E-state index in [1.807, 2.05) is 18.2 Å². The highest BCUT2D eigenvalue weighted by Crippen LogP contribution is 2.24. The molecule has 0 aliphatic heterocycles. The number of aldehydes is 1. The highest BCUT2D eigenvalue weighted by Gasteiger charge is 2.15. The van der Waals surface area contributed by atoms with E-state index in [1.165, 1.54) is 0 Å². The molecule has 0 amide bonds. The molecule has 3 heteroatoms. The number of aliphatic hydroxyl groups is 1. The number of pyridine rings is 1. The Morgan fingerprint density at radius 1 is 1.25 bits per heavy atom. The average Bonchev–Trinajstić information content (AvgIpc) is 2.26. The maximum atomic E-state index is 10.6. The molecule has 0 spiro atoms. The largest absolute Gasteiger partial charge is 0.386 e. The van der Waals surface area contributed by atoms with Gasteiger partial charge < -0.3 is 5.11 Å². The lowest BCUT2D eigenvalue weighted by Crippen LogP contribution is -2.15. The summed E-state index contributed by atoms with van der Waals surface area (Å²) in [6.45, 7) is 3.47. The average molecular weight is 215 g/mol. The Kier molecular flexibility index (Phi) is 2.48. The second-order valence-corrected chi connectivity index (χ2v) is 4.35. The number of hydrogen-bond donors (Lipinski definition) is 1. The highest BCUT2D eigenvalue weighted by atomic mass is 16.3. The third-order valence-electron chi connectivity index (χ3n) is 2.57. The molecule has 0 radical (unpaired) electrons. The monoisotopic (exact) mass is 215 g/mol. The number of rotatable bonds is 2. The number of aromatic nitrogens is 1. The Hall–Kier alpha value is -1.74. The van der Waals surface area contributed by atoms with E-state index in [2.05, 4.69) is 4.98 Å². The molecule has 0 fully saturated rings. The summed E-state index contributed by atoms with van der Waals surface area (Å²) >= 11 is 0. The maximum Gasteiger partial charge on any atom is 0.168 e. The molecular formula is C13H13NO2. The van der Waals surface area contributed by atoms with Crippen LogP contribution in [0.2, 0.25) is 0 Å². The second kappa shape index (κ2) is 3.68. The zero-order chi connectivity index (χ0) is 11.8. The van der Waals surface area contributed by atoms with Crippen molar-refractivity contribution in [1.29, 1.82) is 0 Å². The Balaban J connectivity index is 2.60. The van der Waals surface area contributed by atoms with Crippen LogP contribution in [0.15, 0.2) is 30.5 Å². The van der Waals surface area contributed by atoms with Crippen LogP contribution >= 0.6 is 0 Å². The van der Waals surface area contributed by atoms with Crippen molar-refractivity contribution in [3.05, 3.63) is 41.7 Å². The first-order valence-electron chi connectivity index (χ1n) is 5.08. The van der Waals surface area contributed by atoms with Gasteiger partial charge in [0.15, 0.2) is 6.29 Å². The molecule has 2 rings (SSSR count). The van der Waals surface area contributed by atoms with Gasteiger partial charge in [0.2, 0.25) is 0 Å². The summed E-state index contributed by atoms with van der Waals surface area (Å²) < 4.78 is 0. The topological polar surface area (TPSA) is 50.2 Å². The van der Waals surface area contributed by atoms with Crippen molar-refractivity contribution in [2.45, 2.75) is 19.4 Å². The minimum Gasteiger partial charge on any atom is -0.386 e. The van der Waals surface area contributed by atoms with Crippen molar-refractivity contribution in [2.75, 3.05) is 0 Å². The minimum atomic E-state index is -0.864. The normalized spacial score (nSPS) is 11.7. The van der Waals surface area contributed by atoms with E-state index < -0.39 is 5.60 Å². The van der Waals surface area contributed by atoms with Crippen LogP contribution in [0.5, 0.6) is 0 Å². The molecule has 0 aliphatic rings. The summed E-state index contributed by atoms with van der Waals surface area (Å²) in [7, 11) is 0. The van der Waals surface area contributed by atoms with E-state index in [4.69, 9.17) is 0 Å². The Morgan fingerprint density at radius 2 is 2.00 bits per heavy atom. The van der Waals surface area contributed by atoms with Crippen LogP contribution in [0.3, 0.4) is 0 Å². The van der Waals surface area contributed by atoms with Crippen molar-refractivity contribution in [2.24, 2.45) is 0 Å². The van der Waals surface area contributed by atoms with E-state index in [9.17, 15) is 9.90 Å². The fourth-order valence-corrected chi connectivity index (χ4v) is 1.60. The SMILES string of the molecule is CC(C)(O)c1ccc2cc(C=O)ncc2c1. The van der Waals surface area contributed by atoms with Gasteiger partial charge in [-0.2, -0.15) is 0 Å². The molecule has 0 aliphatic carbocycles. The number of nitrogens with zero attached hydrogens (tertiary/aromatic N) is 1. The molecule has 1 N–H and O–H groups in total. The first-order valence-corrected chi connectivity index (χ1v) is 5.08. The van der Waals surface area contributed by atoms with E-state index in [0.717, 1.165) is 22.6 Å². The molecule has 0 saturated carbocycles. The summed E-state index contributed by atoms with van der Waals surface area (Å²) in [6.07, 6.45) is 2.37. The zero-order valence-electron chi connectivity index (χ0n) is 9.27. The summed E-state index contributed by atoms with van der Waals surface area (Å²) in [5, 5.41) is 11.7. The van der Waals surface area contributed by atoms with Crippen molar-refractivity contribution >= 4 is 17.1 Å². The summed E-state index contributed by atoms with van der Waals surface area (Å²) in [5.41, 5.74) is 0.390. The van der Waals surface area contributed by atoms with Crippen molar-refractivity contribution in [3.63, 3.8) is 0 Å². The fourth-order valence-electron chi connectivity index (χ4n) is 1.60. The Bertz CT molecular complexity index is 541. The van der Waals surface area contributed by atoms with E-state index in [1.54, 1.807) is 26.1 Å². The highest BCUT2D eigenvalue weighted by molar-refractivity contribution is 5.87. The first kappa shape index (κ1) is 10.8. The molecule has 0 atom stereocenters. The molecule has 1 aromatic heterocycles. The quantitative estimate of drug-likeness (QED) is 0.782. The van der Waals surface area contributed by atoms with E-state index in [-0.39, 0.29) is 0 Å². The minimum absolute atomic E-state index is 0.420. The smallest absolute Gasteiger partial charge is 0.168 e. The first-order chi connectivity index (χ1) is 7.50. The molecule has 2 aromatic rings. The Labute approximate surface area is 93.7 Å². The lowest BCUT2D eigenvalue weighted by molar-refractivity contribution is 0.0787. The van der Waals surface area contributed by atoms with Gasteiger partial charge in [-0.3, -0.25) is 9.78 Å². The van der Waals surface area contributed by atoms with E-state index >= 15 is 0 Å². The van der Waals surface area contributed by atoms with Gasteiger partial charge in [0.25, 0.3) is 0 Å². The Morgan fingerprint density at radius 3 is 2.62 bits per heavy atom. The number of hydrogen-bond acceptors (Lipinski definition) is 3. The molecule has 3 nitrogen and oxygen atoms in total. The van der Waals surface area contributed by atoms with Crippen LogP contribution < -0.4 is 0 Å². The molecule has 16 heavy (non-hydrogen) atoms. The van der Waals surface area contributed by atoms with Crippen LogP contribution in [-0.2, 0) is 5.60 Å². The molecule has 0 saturated heterocycles. The van der Waals surface area contributed by atoms with Crippen LogP contribution in [0.4, 0.5) is 0 Å². The van der Waals surface area contributed by atoms with Crippen molar-refractivity contribution in [1.82, 2.24) is 4.98 Å². The van der Waals surface area contributed by atoms with Gasteiger partial charge in [-0.1, -0.05) is 12.1 Å². The van der Waals surface area contributed by atoms with Gasteiger partial charge in [-0.15, -0.1) is 0 Å². The van der Waals surface area contributed by atoms with Crippen molar-refractivity contribution < 1.29 is 9.90 Å². The van der Waals surface area contributed by atoms with Crippen LogP contribution in [0.1, 0.15) is 29.9 Å². The third-order valence-corrected chi connectivity index (χ3v) is 2.57. The van der Waals surface area contributed by atoms with E-state index in [0.29, 0.717) is 5.69 Å².